The zero-order valence-corrected chi connectivity index (χ0v) is 16.4. The average Bonchev–Trinajstić information content (AvgIpc) is 2.66. The molecule has 0 bridgehead atoms. The molecule has 5 nitrogen and oxygen atoms in total. The second kappa shape index (κ2) is 9.70. The first-order valence-electron chi connectivity index (χ1n) is 8.75. The molecule has 0 aromatic heterocycles. The molecule has 0 radical (unpaired) electrons. The maximum atomic E-state index is 5.36. The van der Waals surface area contributed by atoms with E-state index in [1.165, 1.54) is 16.7 Å². The highest BCUT2D eigenvalue weighted by atomic mass is 16.5. The predicted octanol–water partition coefficient (Wildman–Crippen LogP) is 3.26. The third kappa shape index (κ3) is 5.41. The first-order valence-corrected chi connectivity index (χ1v) is 8.75. The van der Waals surface area contributed by atoms with Crippen molar-refractivity contribution in [2.24, 2.45) is 4.99 Å². The van der Waals surface area contributed by atoms with E-state index in [4.69, 9.17) is 9.47 Å². The van der Waals surface area contributed by atoms with E-state index < -0.39 is 0 Å². The Kier molecular flexibility index (Phi) is 7.33. The molecule has 0 aliphatic heterocycles. The van der Waals surface area contributed by atoms with Gasteiger partial charge in [0.2, 0.25) is 0 Å². The normalized spacial score (nSPS) is 11.2. The van der Waals surface area contributed by atoms with E-state index in [9.17, 15) is 0 Å². The number of methoxy groups -OCH3 is 2. The van der Waals surface area contributed by atoms with E-state index in [2.05, 4.69) is 52.5 Å². The predicted molar refractivity (Wildman–Crippen MR) is 107 cm³/mol. The highest BCUT2D eigenvalue weighted by molar-refractivity contribution is 5.79. The number of nitrogens with zero attached hydrogens (tertiary/aromatic N) is 2. The molecule has 0 spiro atoms. The van der Waals surface area contributed by atoms with Crippen molar-refractivity contribution in [3.05, 3.63) is 59.2 Å². The zero-order valence-electron chi connectivity index (χ0n) is 16.4. The number of aliphatic imine (C=N–C) groups is 1. The molecule has 1 N–H and O–H groups in total. The second-order valence-electron chi connectivity index (χ2n) is 6.25. The lowest BCUT2D eigenvalue weighted by Gasteiger charge is -2.22. The van der Waals surface area contributed by atoms with Crippen LogP contribution in [0.2, 0.25) is 0 Å². The quantitative estimate of drug-likeness (QED) is 0.612. The van der Waals surface area contributed by atoms with Crippen LogP contribution in [-0.4, -0.2) is 45.7 Å². The van der Waals surface area contributed by atoms with Gasteiger partial charge in [0.1, 0.15) is 0 Å². The molecule has 0 heterocycles. The summed E-state index contributed by atoms with van der Waals surface area (Å²) in [6, 6.07) is 14.6. The number of rotatable bonds is 7. The summed E-state index contributed by atoms with van der Waals surface area (Å²) in [6.45, 7) is 3.71. The minimum atomic E-state index is 0.748. The molecule has 0 saturated carbocycles. The number of benzene rings is 2. The molecule has 0 fully saturated rings. The van der Waals surface area contributed by atoms with Crippen LogP contribution in [-0.2, 0) is 13.0 Å². The second-order valence-corrected chi connectivity index (χ2v) is 6.25. The lowest BCUT2D eigenvalue weighted by Crippen LogP contribution is -2.39. The fourth-order valence-electron chi connectivity index (χ4n) is 2.78. The monoisotopic (exact) mass is 355 g/mol. The van der Waals surface area contributed by atoms with E-state index in [1.807, 2.05) is 26.2 Å². The van der Waals surface area contributed by atoms with Gasteiger partial charge in [0.25, 0.3) is 0 Å². The molecule has 140 valence electrons. The van der Waals surface area contributed by atoms with Crippen LogP contribution in [0.3, 0.4) is 0 Å². The lowest BCUT2D eigenvalue weighted by atomic mass is 10.1. The van der Waals surface area contributed by atoms with E-state index >= 15 is 0 Å². The highest BCUT2D eigenvalue weighted by Gasteiger charge is 2.08. The Morgan fingerprint density at radius 2 is 1.65 bits per heavy atom. The molecule has 0 atom stereocenters. The summed E-state index contributed by atoms with van der Waals surface area (Å²) in [4.78, 5) is 6.51. The van der Waals surface area contributed by atoms with Crippen molar-refractivity contribution in [3.63, 3.8) is 0 Å². The fraction of sp³-hybridized carbons (Fsp3) is 0.381. The van der Waals surface area contributed by atoms with Crippen LogP contribution in [0, 0.1) is 6.92 Å². The Morgan fingerprint density at radius 1 is 1.00 bits per heavy atom. The molecule has 26 heavy (non-hydrogen) atoms. The van der Waals surface area contributed by atoms with E-state index in [0.717, 1.165) is 37.0 Å². The van der Waals surface area contributed by atoms with E-state index in [-0.39, 0.29) is 0 Å². The molecule has 0 amide bonds. The van der Waals surface area contributed by atoms with Gasteiger partial charge in [0.05, 0.1) is 14.2 Å². The van der Waals surface area contributed by atoms with Gasteiger partial charge in [-0.2, -0.15) is 0 Å². The number of aryl methyl sites for hydroxylation is 1. The van der Waals surface area contributed by atoms with Crippen molar-refractivity contribution in [3.8, 4) is 11.5 Å². The summed E-state index contributed by atoms with van der Waals surface area (Å²) in [5.74, 6) is 2.38. The van der Waals surface area contributed by atoms with Crippen molar-refractivity contribution in [2.45, 2.75) is 19.9 Å². The number of hydrogen-bond donors (Lipinski definition) is 1. The molecule has 0 aliphatic carbocycles. The molecule has 0 unspecified atom stereocenters. The Balaban J connectivity index is 1.89. The van der Waals surface area contributed by atoms with Gasteiger partial charge in [0, 0.05) is 27.2 Å². The molecular weight excluding hydrogens is 326 g/mol. The van der Waals surface area contributed by atoms with Gasteiger partial charge >= 0.3 is 0 Å². The van der Waals surface area contributed by atoms with E-state index in [0.29, 0.717) is 0 Å². The minimum Gasteiger partial charge on any atom is -0.493 e. The molecule has 5 heteroatoms. The third-order valence-electron chi connectivity index (χ3n) is 4.26. The summed E-state index contributed by atoms with van der Waals surface area (Å²) < 4.78 is 10.6. The SMILES string of the molecule is CN=C(NCCc1ccc(OC)c(OC)c1)N(C)Cc1ccc(C)cc1. The Bertz CT molecular complexity index is 727. The Labute approximate surface area is 156 Å². The van der Waals surface area contributed by atoms with E-state index in [1.54, 1.807) is 14.2 Å². The van der Waals surface area contributed by atoms with Crippen molar-refractivity contribution < 1.29 is 9.47 Å². The maximum Gasteiger partial charge on any atom is 0.193 e. The van der Waals surface area contributed by atoms with Crippen LogP contribution >= 0.6 is 0 Å². The highest BCUT2D eigenvalue weighted by Crippen LogP contribution is 2.27. The number of nitrogens with one attached hydrogen (secondary N) is 1. The Morgan fingerprint density at radius 3 is 2.27 bits per heavy atom. The summed E-state index contributed by atoms with van der Waals surface area (Å²) in [6.07, 6.45) is 0.873. The van der Waals surface area contributed by atoms with Gasteiger partial charge in [-0.25, -0.2) is 0 Å². The van der Waals surface area contributed by atoms with Gasteiger partial charge < -0.3 is 19.7 Å². The van der Waals surface area contributed by atoms with Gasteiger partial charge in [-0.1, -0.05) is 35.9 Å². The average molecular weight is 355 g/mol. The maximum absolute atomic E-state index is 5.36. The molecular formula is C21H29N3O2. The van der Waals surface area contributed by atoms with Crippen molar-refractivity contribution in [1.82, 2.24) is 10.2 Å². The molecule has 2 aromatic rings. The molecule has 2 aromatic carbocycles. The van der Waals surface area contributed by atoms with Gasteiger partial charge in [0.15, 0.2) is 17.5 Å². The summed E-state index contributed by atoms with van der Waals surface area (Å²) in [5, 5.41) is 3.42. The number of hydrogen-bond acceptors (Lipinski definition) is 3. The lowest BCUT2D eigenvalue weighted by molar-refractivity contribution is 0.354. The first-order chi connectivity index (χ1) is 12.6. The van der Waals surface area contributed by atoms with Crippen molar-refractivity contribution in [2.75, 3.05) is 34.9 Å². The summed E-state index contributed by atoms with van der Waals surface area (Å²) >= 11 is 0. The van der Waals surface area contributed by atoms with Crippen LogP contribution in [0.15, 0.2) is 47.5 Å². The first kappa shape index (κ1) is 19.6. The van der Waals surface area contributed by atoms with Crippen LogP contribution in [0.5, 0.6) is 11.5 Å². The van der Waals surface area contributed by atoms with Gasteiger partial charge in [-0.15, -0.1) is 0 Å². The van der Waals surface area contributed by atoms with Crippen molar-refractivity contribution in [1.29, 1.82) is 0 Å². The largest absolute Gasteiger partial charge is 0.493 e. The van der Waals surface area contributed by atoms with Crippen LogP contribution in [0.1, 0.15) is 16.7 Å². The Hall–Kier alpha value is -2.69. The van der Waals surface area contributed by atoms with Crippen LogP contribution in [0.25, 0.3) is 0 Å². The van der Waals surface area contributed by atoms with Crippen LogP contribution in [0.4, 0.5) is 0 Å². The third-order valence-corrected chi connectivity index (χ3v) is 4.26. The van der Waals surface area contributed by atoms with Gasteiger partial charge in [-0.3, -0.25) is 4.99 Å². The molecule has 0 saturated heterocycles. The number of guanidine groups is 1. The minimum absolute atomic E-state index is 0.748. The zero-order chi connectivity index (χ0) is 18.9. The smallest absolute Gasteiger partial charge is 0.193 e. The topological polar surface area (TPSA) is 46.1 Å². The fourth-order valence-corrected chi connectivity index (χ4v) is 2.78. The summed E-state index contributed by atoms with van der Waals surface area (Å²) in [5.41, 5.74) is 3.72. The van der Waals surface area contributed by atoms with Crippen molar-refractivity contribution >= 4 is 5.96 Å². The van der Waals surface area contributed by atoms with Crippen LogP contribution < -0.4 is 14.8 Å². The standard InChI is InChI=1S/C21H29N3O2/c1-16-6-8-18(9-7-16)15-24(3)21(22-2)23-13-12-17-10-11-19(25-4)20(14-17)26-5/h6-11,14H,12-13,15H2,1-5H3,(H,22,23). The molecule has 0 aliphatic rings. The summed E-state index contributed by atoms with van der Waals surface area (Å²) in [7, 11) is 7.16. The molecule has 2 rings (SSSR count). The van der Waals surface area contributed by atoms with Gasteiger partial charge in [-0.05, 0) is 36.6 Å². The number of ether oxygens (including phenoxy) is 2.